The molecule has 0 heterocycles. The summed E-state index contributed by atoms with van der Waals surface area (Å²) in [5, 5.41) is 2.15. The van der Waals surface area contributed by atoms with Crippen LogP contribution in [0.2, 0.25) is 0 Å². The number of sulfonamides is 1. The Bertz CT molecular complexity index is 838. The molecule has 0 aliphatic rings. The standard InChI is InChI=1S/C18H20F2N2O3S/c1-26(24,25)22(12-10-14-6-3-2-4-7-14)13-11-17(23)21-18-15(19)8-5-9-16(18)20/h2-9H,10-13H2,1H3,(H,21,23). The molecule has 2 aromatic carbocycles. The zero-order valence-corrected chi connectivity index (χ0v) is 15.1. The summed E-state index contributed by atoms with van der Waals surface area (Å²) in [6, 6.07) is 12.6. The zero-order valence-electron chi connectivity index (χ0n) is 14.3. The predicted octanol–water partition coefficient (Wildman–Crippen LogP) is 2.80. The Morgan fingerprint density at radius 3 is 2.19 bits per heavy atom. The molecule has 0 radical (unpaired) electrons. The highest BCUT2D eigenvalue weighted by atomic mass is 32.2. The Morgan fingerprint density at radius 1 is 1.00 bits per heavy atom. The minimum absolute atomic E-state index is 0.0758. The van der Waals surface area contributed by atoms with E-state index in [1.54, 1.807) is 0 Å². The molecule has 140 valence electrons. The molecule has 0 fully saturated rings. The second kappa shape index (κ2) is 8.86. The second-order valence-corrected chi connectivity index (χ2v) is 7.77. The summed E-state index contributed by atoms with van der Waals surface area (Å²) in [4.78, 5) is 12.0. The summed E-state index contributed by atoms with van der Waals surface area (Å²) in [6.45, 7) is 0.137. The summed E-state index contributed by atoms with van der Waals surface area (Å²) < 4.78 is 52.1. The lowest BCUT2D eigenvalue weighted by Gasteiger charge is -2.19. The van der Waals surface area contributed by atoms with Gasteiger partial charge in [0.1, 0.15) is 17.3 Å². The second-order valence-electron chi connectivity index (χ2n) is 5.79. The van der Waals surface area contributed by atoms with E-state index in [9.17, 15) is 22.0 Å². The van der Waals surface area contributed by atoms with Crippen molar-refractivity contribution in [1.82, 2.24) is 4.31 Å². The Kier molecular flexibility index (Phi) is 6.82. The molecule has 0 saturated heterocycles. The van der Waals surface area contributed by atoms with Crippen molar-refractivity contribution in [2.45, 2.75) is 12.8 Å². The number of benzene rings is 2. The highest BCUT2D eigenvalue weighted by molar-refractivity contribution is 7.88. The maximum atomic E-state index is 13.5. The van der Waals surface area contributed by atoms with Crippen molar-refractivity contribution in [2.75, 3.05) is 24.7 Å². The van der Waals surface area contributed by atoms with Crippen LogP contribution >= 0.6 is 0 Å². The van der Waals surface area contributed by atoms with E-state index in [0.717, 1.165) is 24.0 Å². The van der Waals surface area contributed by atoms with Crippen molar-refractivity contribution in [2.24, 2.45) is 0 Å². The summed E-state index contributed by atoms with van der Waals surface area (Å²) >= 11 is 0. The molecular weight excluding hydrogens is 362 g/mol. The largest absolute Gasteiger partial charge is 0.321 e. The molecule has 5 nitrogen and oxygen atoms in total. The Balaban J connectivity index is 1.95. The van der Waals surface area contributed by atoms with E-state index in [-0.39, 0.29) is 19.5 Å². The summed E-state index contributed by atoms with van der Waals surface area (Å²) in [7, 11) is -3.51. The third kappa shape index (κ3) is 5.89. The van der Waals surface area contributed by atoms with Crippen LogP contribution in [-0.4, -0.2) is 38.0 Å². The highest BCUT2D eigenvalue weighted by Crippen LogP contribution is 2.18. The lowest BCUT2D eigenvalue weighted by Crippen LogP contribution is -2.34. The molecule has 0 atom stereocenters. The average Bonchev–Trinajstić information content (AvgIpc) is 2.58. The van der Waals surface area contributed by atoms with Gasteiger partial charge in [-0.25, -0.2) is 21.5 Å². The monoisotopic (exact) mass is 382 g/mol. The van der Waals surface area contributed by atoms with Crippen LogP contribution in [0.1, 0.15) is 12.0 Å². The number of anilines is 1. The van der Waals surface area contributed by atoms with Gasteiger partial charge < -0.3 is 5.32 Å². The molecule has 2 rings (SSSR count). The SMILES string of the molecule is CS(=O)(=O)N(CCC(=O)Nc1c(F)cccc1F)CCc1ccccc1. The molecule has 0 bridgehead atoms. The van der Waals surface area contributed by atoms with Gasteiger partial charge in [0.25, 0.3) is 0 Å². The summed E-state index contributed by atoms with van der Waals surface area (Å²) in [6.07, 6.45) is 1.35. The van der Waals surface area contributed by atoms with E-state index in [0.29, 0.717) is 6.42 Å². The highest BCUT2D eigenvalue weighted by Gasteiger charge is 2.19. The zero-order chi connectivity index (χ0) is 19.2. The van der Waals surface area contributed by atoms with Crippen LogP contribution < -0.4 is 5.32 Å². The van der Waals surface area contributed by atoms with E-state index in [2.05, 4.69) is 5.32 Å². The Morgan fingerprint density at radius 2 is 1.62 bits per heavy atom. The lowest BCUT2D eigenvalue weighted by atomic mass is 10.1. The molecular formula is C18H20F2N2O3S. The first-order valence-corrected chi connectivity index (χ1v) is 9.85. The molecule has 0 aliphatic carbocycles. The topological polar surface area (TPSA) is 66.5 Å². The third-order valence-electron chi connectivity index (χ3n) is 3.78. The van der Waals surface area contributed by atoms with Gasteiger partial charge in [-0.15, -0.1) is 0 Å². The molecule has 0 spiro atoms. The van der Waals surface area contributed by atoms with Gasteiger partial charge in [0.2, 0.25) is 15.9 Å². The maximum absolute atomic E-state index is 13.5. The molecule has 1 amide bonds. The quantitative estimate of drug-likeness (QED) is 0.764. The molecule has 26 heavy (non-hydrogen) atoms. The van der Waals surface area contributed by atoms with E-state index in [1.807, 2.05) is 30.3 Å². The fourth-order valence-corrected chi connectivity index (χ4v) is 3.23. The normalized spacial score (nSPS) is 11.5. The van der Waals surface area contributed by atoms with Gasteiger partial charge in [0.15, 0.2) is 0 Å². The average molecular weight is 382 g/mol. The Labute approximate surface area is 151 Å². The van der Waals surface area contributed by atoms with Crippen molar-refractivity contribution in [3.05, 3.63) is 65.7 Å². The first-order valence-electron chi connectivity index (χ1n) is 8.00. The van der Waals surface area contributed by atoms with Crippen LogP contribution in [0.15, 0.2) is 48.5 Å². The van der Waals surface area contributed by atoms with Crippen molar-refractivity contribution in [3.63, 3.8) is 0 Å². The number of amides is 1. The number of hydrogen-bond donors (Lipinski definition) is 1. The van der Waals surface area contributed by atoms with Crippen LogP contribution in [0.4, 0.5) is 14.5 Å². The number of halogens is 2. The first-order chi connectivity index (χ1) is 12.3. The number of nitrogens with one attached hydrogen (secondary N) is 1. The molecule has 0 saturated carbocycles. The number of hydrogen-bond acceptors (Lipinski definition) is 3. The van der Waals surface area contributed by atoms with Gasteiger partial charge in [-0.3, -0.25) is 4.79 Å². The number of carbonyl (C=O) groups excluding carboxylic acids is 1. The van der Waals surface area contributed by atoms with Crippen molar-refractivity contribution >= 4 is 21.6 Å². The van der Waals surface area contributed by atoms with Crippen LogP contribution in [0.5, 0.6) is 0 Å². The van der Waals surface area contributed by atoms with Gasteiger partial charge in [-0.1, -0.05) is 36.4 Å². The van der Waals surface area contributed by atoms with Crippen LogP contribution in [0.3, 0.4) is 0 Å². The number of para-hydroxylation sites is 1. The van der Waals surface area contributed by atoms with Crippen molar-refractivity contribution < 1.29 is 22.0 Å². The van der Waals surface area contributed by atoms with Crippen molar-refractivity contribution in [3.8, 4) is 0 Å². The van der Waals surface area contributed by atoms with Crippen LogP contribution in [0, 0.1) is 11.6 Å². The molecule has 8 heteroatoms. The van der Waals surface area contributed by atoms with Crippen LogP contribution in [-0.2, 0) is 21.2 Å². The molecule has 1 N–H and O–H groups in total. The fraction of sp³-hybridized carbons (Fsp3) is 0.278. The summed E-state index contributed by atoms with van der Waals surface area (Å²) in [5.41, 5.74) is 0.437. The number of rotatable bonds is 8. The van der Waals surface area contributed by atoms with Gasteiger partial charge in [0, 0.05) is 19.5 Å². The Hall–Kier alpha value is -2.32. The van der Waals surface area contributed by atoms with E-state index >= 15 is 0 Å². The fourth-order valence-electron chi connectivity index (χ4n) is 2.39. The minimum Gasteiger partial charge on any atom is -0.321 e. The minimum atomic E-state index is -3.51. The number of nitrogens with zero attached hydrogens (tertiary/aromatic N) is 1. The molecule has 0 aromatic heterocycles. The van der Waals surface area contributed by atoms with E-state index in [4.69, 9.17) is 0 Å². The van der Waals surface area contributed by atoms with E-state index in [1.165, 1.54) is 10.4 Å². The lowest BCUT2D eigenvalue weighted by molar-refractivity contribution is -0.116. The van der Waals surface area contributed by atoms with Crippen molar-refractivity contribution in [1.29, 1.82) is 0 Å². The van der Waals surface area contributed by atoms with Gasteiger partial charge in [-0.2, -0.15) is 0 Å². The maximum Gasteiger partial charge on any atom is 0.225 e. The first kappa shape index (κ1) is 20.0. The number of carbonyl (C=O) groups is 1. The van der Waals surface area contributed by atoms with Gasteiger partial charge >= 0.3 is 0 Å². The molecule has 2 aromatic rings. The van der Waals surface area contributed by atoms with Crippen LogP contribution in [0.25, 0.3) is 0 Å². The molecule has 0 aliphatic heterocycles. The predicted molar refractivity (Wildman–Crippen MR) is 96.2 cm³/mol. The smallest absolute Gasteiger partial charge is 0.225 e. The van der Waals surface area contributed by atoms with Gasteiger partial charge in [0.05, 0.1) is 6.26 Å². The van der Waals surface area contributed by atoms with E-state index < -0.39 is 33.3 Å². The third-order valence-corrected chi connectivity index (χ3v) is 5.08. The summed E-state index contributed by atoms with van der Waals surface area (Å²) in [5.74, 6) is -2.44. The molecule has 0 unspecified atom stereocenters. The van der Waals surface area contributed by atoms with Gasteiger partial charge in [-0.05, 0) is 24.1 Å².